The van der Waals surface area contributed by atoms with Crippen LogP contribution in [0.1, 0.15) is 22.3 Å². The van der Waals surface area contributed by atoms with E-state index in [1.54, 1.807) is 12.1 Å². The van der Waals surface area contributed by atoms with Crippen LogP contribution in [-0.2, 0) is 16.6 Å². The lowest BCUT2D eigenvalue weighted by molar-refractivity contribution is 0.0940. The van der Waals surface area contributed by atoms with Crippen LogP contribution in [0.5, 0.6) is 0 Å². The molecule has 1 fully saturated rings. The molecule has 132 valence electrons. The quantitative estimate of drug-likeness (QED) is 0.725. The smallest absolute Gasteiger partial charge is 0.251 e. The van der Waals surface area contributed by atoms with Gasteiger partial charge in [0, 0.05) is 24.7 Å². The fourth-order valence-electron chi connectivity index (χ4n) is 2.71. The average Bonchev–Trinajstić information content (AvgIpc) is 3.14. The maximum absolute atomic E-state index is 12.5. The number of benzene rings is 2. The summed E-state index contributed by atoms with van der Waals surface area (Å²) in [7, 11) is -3.68. The molecule has 25 heavy (non-hydrogen) atoms. The summed E-state index contributed by atoms with van der Waals surface area (Å²) >= 11 is 0. The van der Waals surface area contributed by atoms with E-state index in [1.807, 2.05) is 30.3 Å². The summed E-state index contributed by atoms with van der Waals surface area (Å²) in [6.07, 6.45) is 0.877. The Morgan fingerprint density at radius 1 is 1.12 bits per heavy atom. The predicted octanol–water partition coefficient (Wildman–Crippen LogP) is 1.26. The fourth-order valence-corrected chi connectivity index (χ4v) is 3.77. The van der Waals surface area contributed by atoms with Crippen molar-refractivity contribution in [3.05, 3.63) is 65.7 Å². The zero-order chi connectivity index (χ0) is 17.7. The number of rotatable bonds is 6. The Bertz CT molecular complexity index is 832. The topological polar surface area (TPSA) is 87.3 Å². The van der Waals surface area contributed by atoms with Gasteiger partial charge >= 0.3 is 0 Å². The van der Waals surface area contributed by atoms with E-state index >= 15 is 0 Å². The Morgan fingerprint density at radius 3 is 2.64 bits per heavy atom. The minimum atomic E-state index is -3.68. The van der Waals surface area contributed by atoms with E-state index in [0.29, 0.717) is 5.56 Å². The normalized spacial score (nSPS) is 17.4. The lowest BCUT2D eigenvalue weighted by Gasteiger charge is -2.12. The third-order valence-corrected chi connectivity index (χ3v) is 5.51. The molecular weight excluding hydrogens is 338 g/mol. The molecule has 1 amide bonds. The van der Waals surface area contributed by atoms with Crippen LogP contribution in [0, 0.1) is 0 Å². The maximum Gasteiger partial charge on any atom is 0.251 e. The number of amides is 1. The van der Waals surface area contributed by atoms with Crippen molar-refractivity contribution in [3.8, 4) is 0 Å². The molecule has 3 N–H and O–H groups in total. The van der Waals surface area contributed by atoms with Crippen LogP contribution >= 0.6 is 0 Å². The Hall–Kier alpha value is -2.22. The van der Waals surface area contributed by atoms with Gasteiger partial charge in [0.2, 0.25) is 10.0 Å². The standard InChI is InChI=1S/C18H21N3O3S/c22-18(21-16-9-10-19-13-16)15-7-4-8-17(11-15)25(23,24)20-12-14-5-2-1-3-6-14/h1-8,11,16,19-20H,9-10,12-13H2,(H,21,22). The highest BCUT2D eigenvalue weighted by Gasteiger charge is 2.19. The molecule has 6 nitrogen and oxygen atoms in total. The van der Waals surface area contributed by atoms with Crippen LogP contribution in [-0.4, -0.2) is 33.5 Å². The van der Waals surface area contributed by atoms with Crippen LogP contribution in [0.2, 0.25) is 0 Å². The number of hydrogen-bond acceptors (Lipinski definition) is 4. The van der Waals surface area contributed by atoms with Gasteiger partial charge < -0.3 is 10.6 Å². The molecule has 3 rings (SSSR count). The van der Waals surface area contributed by atoms with Crippen molar-refractivity contribution in [1.82, 2.24) is 15.4 Å². The van der Waals surface area contributed by atoms with Crippen molar-refractivity contribution in [2.45, 2.75) is 23.9 Å². The highest BCUT2D eigenvalue weighted by molar-refractivity contribution is 7.89. The molecule has 0 radical (unpaired) electrons. The van der Waals surface area contributed by atoms with E-state index in [1.165, 1.54) is 12.1 Å². The van der Waals surface area contributed by atoms with Crippen molar-refractivity contribution >= 4 is 15.9 Å². The van der Waals surface area contributed by atoms with Crippen LogP contribution in [0.3, 0.4) is 0 Å². The van der Waals surface area contributed by atoms with Gasteiger partial charge in [-0.3, -0.25) is 4.79 Å². The van der Waals surface area contributed by atoms with Crippen molar-refractivity contribution in [1.29, 1.82) is 0 Å². The first-order valence-electron chi connectivity index (χ1n) is 8.20. The molecule has 0 aliphatic carbocycles. The first-order chi connectivity index (χ1) is 12.0. The van der Waals surface area contributed by atoms with Gasteiger partial charge in [-0.2, -0.15) is 0 Å². The molecule has 7 heteroatoms. The van der Waals surface area contributed by atoms with E-state index in [4.69, 9.17) is 0 Å². The second-order valence-electron chi connectivity index (χ2n) is 6.00. The second-order valence-corrected chi connectivity index (χ2v) is 7.77. The minimum Gasteiger partial charge on any atom is -0.348 e. The van der Waals surface area contributed by atoms with Gasteiger partial charge in [0.25, 0.3) is 5.91 Å². The molecule has 1 saturated heterocycles. The summed E-state index contributed by atoms with van der Waals surface area (Å²) in [5, 5.41) is 6.09. The van der Waals surface area contributed by atoms with Crippen LogP contribution < -0.4 is 15.4 Å². The van der Waals surface area contributed by atoms with Gasteiger partial charge in [-0.25, -0.2) is 13.1 Å². The third-order valence-electron chi connectivity index (χ3n) is 4.11. The van der Waals surface area contributed by atoms with Crippen molar-refractivity contribution in [3.63, 3.8) is 0 Å². The Labute approximate surface area is 147 Å². The number of carbonyl (C=O) groups excluding carboxylic acids is 1. The monoisotopic (exact) mass is 359 g/mol. The van der Waals surface area contributed by atoms with Gasteiger partial charge in [-0.15, -0.1) is 0 Å². The van der Waals surface area contributed by atoms with Gasteiger partial charge in [0.15, 0.2) is 0 Å². The van der Waals surface area contributed by atoms with E-state index in [2.05, 4.69) is 15.4 Å². The second kappa shape index (κ2) is 7.77. The number of nitrogens with one attached hydrogen (secondary N) is 3. The van der Waals surface area contributed by atoms with Gasteiger partial charge in [-0.1, -0.05) is 36.4 Å². The molecule has 2 aromatic carbocycles. The summed E-state index contributed by atoms with van der Waals surface area (Å²) in [4.78, 5) is 12.4. The minimum absolute atomic E-state index is 0.0839. The molecule has 0 bridgehead atoms. The molecule has 1 aliphatic rings. The van der Waals surface area contributed by atoms with Crippen molar-refractivity contribution in [2.24, 2.45) is 0 Å². The fraction of sp³-hybridized carbons (Fsp3) is 0.278. The summed E-state index contributed by atoms with van der Waals surface area (Å²) < 4.78 is 27.5. The van der Waals surface area contributed by atoms with Crippen molar-refractivity contribution < 1.29 is 13.2 Å². The van der Waals surface area contributed by atoms with E-state index in [0.717, 1.165) is 25.1 Å². The largest absolute Gasteiger partial charge is 0.348 e. The molecule has 1 unspecified atom stereocenters. The van der Waals surface area contributed by atoms with Crippen LogP contribution in [0.25, 0.3) is 0 Å². The highest BCUT2D eigenvalue weighted by atomic mass is 32.2. The van der Waals surface area contributed by atoms with Gasteiger partial charge in [0.1, 0.15) is 0 Å². The lowest BCUT2D eigenvalue weighted by Crippen LogP contribution is -2.36. The van der Waals surface area contributed by atoms with E-state index < -0.39 is 10.0 Å². The molecule has 0 saturated carbocycles. The number of carbonyl (C=O) groups is 1. The summed E-state index contributed by atoms with van der Waals surface area (Å²) in [5.74, 6) is -0.256. The molecule has 1 atom stereocenters. The SMILES string of the molecule is O=C(NC1CCNC1)c1cccc(S(=O)(=O)NCc2ccccc2)c1. The summed E-state index contributed by atoms with van der Waals surface area (Å²) in [6.45, 7) is 1.82. The lowest BCUT2D eigenvalue weighted by atomic mass is 10.2. The predicted molar refractivity (Wildman–Crippen MR) is 95.7 cm³/mol. The van der Waals surface area contributed by atoms with Crippen LogP contribution in [0.4, 0.5) is 0 Å². The van der Waals surface area contributed by atoms with Gasteiger partial charge in [-0.05, 0) is 36.7 Å². The zero-order valence-electron chi connectivity index (χ0n) is 13.7. The Kier molecular flexibility index (Phi) is 5.47. The maximum atomic E-state index is 12.5. The molecule has 1 heterocycles. The summed E-state index contributed by atoms with van der Waals surface area (Å²) in [5.41, 5.74) is 1.21. The van der Waals surface area contributed by atoms with E-state index in [-0.39, 0.29) is 23.4 Å². The van der Waals surface area contributed by atoms with E-state index in [9.17, 15) is 13.2 Å². The Morgan fingerprint density at radius 2 is 1.92 bits per heavy atom. The first-order valence-corrected chi connectivity index (χ1v) is 9.68. The Balaban J connectivity index is 1.69. The number of sulfonamides is 1. The van der Waals surface area contributed by atoms with Crippen molar-refractivity contribution in [2.75, 3.05) is 13.1 Å². The summed E-state index contributed by atoms with van der Waals surface area (Å²) in [6, 6.07) is 15.5. The molecular formula is C18H21N3O3S. The van der Waals surface area contributed by atoms with Gasteiger partial charge in [0.05, 0.1) is 4.90 Å². The third kappa shape index (κ3) is 4.66. The number of hydrogen-bond donors (Lipinski definition) is 3. The highest BCUT2D eigenvalue weighted by Crippen LogP contribution is 2.13. The first kappa shape index (κ1) is 17.6. The van der Waals surface area contributed by atoms with Crippen LogP contribution in [0.15, 0.2) is 59.5 Å². The molecule has 2 aromatic rings. The molecule has 0 aromatic heterocycles. The zero-order valence-corrected chi connectivity index (χ0v) is 14.6. The molecule has 0 spiro atoms. The average molecular weight is 359 g/mol. The molecule has 1 aliphatic heterocycles.